The minimum atomic E-state index is -0.488. The molecule has 0 saturated carbocycles. The van der Waals surface area contributed by atoms with Gasteiger partial charge in [-0.25, -0.2) is 0 Å². The van der Waals surface area contributed by atoms with E-state index in [4.69, 9.17) is 5.73 Å². The molecule has 2 aromatic rings. The van der Waals surface area contributed by atoms with Crippen molar-refractivity contribution in [2.45, 2.75) is 38.9 Å². The highest BCUT2D eigenvalue weighted by Gasteiger charge is 2.59. The number of hydrogen-bond acceptors (Lipinski definition) is 4. The van der Waals surface area contributed by atoms with Gasteiger partial charge in [-0.2, -0.15) is 0 Å². The lowest BCUT2D eigenvalue weighted by Gasteiger charge is -2.26. The Kier molecular flexibility index (Phi) is 5.43. The number of hydrogen-bond donors (Lipinski definition) is 2. The number of nitrogens with one attached hydrogen (secondary N) is 1. The van der Waals surface area contributed by atoms with Crippen molar-refractivity contribution in [2.75, 3.05) is 0 Å². The molecule has 6 nitrogen and oxygen atoms in total. The predicted octanol–water partition coefficient (Wildman–Crippen LogP) is 2.65. The molecule has 0 radical (unpaired) electrons. The third kappa shape index (κ3) is 3.41. The standard InChI is InChI=1S/C24H27N3O3/c1-3-14(2)20-18-19(21(26-20)16-9-11-17(12-10-16)22(25)28)24(30)27(23(18)29)13-15-7-5-4-6-8-15/h4-12,14,18-21,26H,3,13H2,1-2H3,(H2,25,28). The SMILES string of the molecule is CCC(C)C1NC(c2ccc(C(N)=O)cc2)C2C(=O)N(Cc3ccccc3)C(=O)C12. The number of benzene rings is 2. The minimum Gasteiger partial charge on any atom is -0.366 e. The molecule has 2 heterocycles. The first-order valence-corrected chi connectivity index (χ1v) is 10.5. The van der Waals surface area contributed by atoms with Gasteiger partial charge in [0.2, 0.25) is 17.7 Å². The van der Waals surface area contributed by atoms with Gasteiger partial charge in [0.15, 0.2) is 0 Å². The van der Waals surface area contributed by atoms with Crippen molar-refractivity contribution < 1.29 is 14.4 Å². The Balaban J connectivity index is 1.67. The van der Waals surface area contributed by atoms with Gasteiger partial charge in [-0.3, -0.25) is 19.3 Å². The fourth-order valence-corrected chi connectivity index (χ4v) is 4.77. The van der Waals surface area contributed by atoms with Crippen LogP contribution in [-0.2, 0) is 16.1 Å². The van der Waals surface area contributed by atoms with Crippen LogP contribution < -0.4 is 11.1 Å². The van der Waals surface area contributed by atoms with E-state index in [1.807, 2.05) is 42.5 Å². The van der Waals surface area contributed by atoms with Gasteiger partial charge in [0.05, 0.1) is 18.4 Å². The van der Waals surface area contributed by atoms with Gasteiger partial charge >= 0.3 is 0 Å². The van der Waals surface area contributed by atoms with Gasteiger partial charge in [-0.15, -0.1) is 0 Å². The van der Waals surface area contributed by atoms with Gasteiger partial charge in [-0.05, 0) is 29.2 Å². The summed E-state index contributed by atoms with van der Waals surface area (Å²) >= 11 is 0. The summed E-state index contributed by atoms with van der Waals surface area (Å²) in [5, 5.41) is 3.57. The highest BCUT2D eigenvalue weighted by molar-refractivity contribution is 6.06. The normalized spacial score (nSPS) is 26.7. The summed E-state index contributed by atoms with van der Waals surface area (Å²) in [6.07, 6.45) is 0.911. The number of likely N-dealkylation sites (tertiary alicyclic amines) is 1. The molecule has 2 aliphatic heterocycles. The van der Waals surface area contributed by atoms with Crippen LogP contribution in [0.25, 0.3) is 0 Å². The molecule has 0 aliphatic carbocycles. The van der Waals surface area contributed by atoms with E-state index in [1.165, 1.54) is 4.90 Å². The third-order valence-corrected chi connectivity index (χ3v) is 6.60. The molecule has 0 spiro atoms. The summed E-state index contributed by atoms with van der Waals surface area (Å²) < 4.78 is 0. The van der Waals surface area contributed by atoms with Crippen molar-refractivity contribution in [3.63, 3.8) is 0 Å². The smallest absolute Gasteiger partial charge is 0.248 e. The number of imide groups is 1. The summed E-state index contributed by atoms with van der Waals surface area (Å²) in [7, 11) is 0. The number of nitrogens with zero attached hydrogens (tertiary/aromatic N) is 1. The van der Waals surface area contributed by atoms with E-state index >= 15 is 0 Å². The van der Waals surface area contributed by atoms with Crippen molar-refractivity contribution in [1.29, 1.82) is 0 Å². The van der Waals surface area contributed by atoms with E-state index in [9.17, 15) is 14.4 Å². The molecule has 156 valence electrons. The fraction of sp³-hybridized carbons (Fsp3) is 0.375. The Morgan fingerprint density at radius 1 is 1.03 bits per heavy atom. The van der Waals surface area contributed by atoms with E-state index in [0.29, 0.717) is 12.1 Å². The maximum absolute atomic E-state index is 13.4. The molecule has 2 fully saturated rings. The summed E-state index contributed by atoms with van der Waals surface area (Å²) in [5.74, 6) is -1.28. The van der Waals surface area contributed by atoms with Gasteiger partial charge in [0.25, 0.3) is 0 Å². The lowest BCUT2D eigenvalue weighted by molar-refractivity contribution is -0.141. The minimum absolute atomic E-state index is 0.0713. The summed E-state index contributed by atoms with van der Waals surface area (Å²) in [6.45, 7) is 4.51. The average molecular weight is 405 g/mol. The first-order valence-electron chi connectivity index (χ1n) is 10.5. The number of amides is 3. The molecular weight excluding hydrogens is 378 g/mol. The molecule has 30 heavy (non-hydrogen) atoms. The van der Waals surface area contributed by atoms with Crippen LogP contribution in [0, 0.1) is 17.8 Å². The summed E-state index contributed by atoms with van der Waals surface area (Å²) in [6, 6.07) is 16.3. The molecule has 4 rings (SSSR count). The molecule has 3 amide bonds. The van der Waals surface area contributed by atoms with Crippen molar-refractivity contribution in [3.05, 3.63) is 71.3 Å². The summed E-state index contributed by atoms with van der Waals surface area (Å²) in [5.41, 5.74) is 7.61. The molecule has 3 N–H and O–H groups in total. The predicted molar refractivity (Wildman–Crippen MR) is 113 cm³/mol. The molecule has 5 atom stereocenters. The molecule has 2 aliphatic rings. The number of carbonyl (C=O) groups is 3. The second-order valence-electron chi connectivity index (χ2n) is 8.34. The zero-order valence-corrected chi connectivity index (χ0v) is 17.2. The van der Waals surface area contributed by atoms with E-state index in [2.05, 4.69) is 19.2 Å². The first-order chi connectivity index (χ1) is 14.4. The van der Waals surface area contributed by atoms with Gasteiger partial charge < -0.3 is 11.1 Å². The van der Waals surface area contributed by atoms with Crippen molar-refractivity contribution >= 4 is 17.7 Å². The second kappa shape index (κ2) is 8.03. The van der Waals surface area contributed by atoms with Gasteiger partial charge in [0, 0.05) is 17.6 Å². The van der Waals surface area contributed by atoms with Crippen LogP contribution >= 0.6 is 0 Å². The molecule has 2 aromatic carbocycles. The van der Waals surface area contributed by atoms with Crippen molar-refractivity contribution in [1.82, 2.24) is 10.2 Å². The van der Waals surface area contributed by atoms with E-state index in [1.54, 1.807) is 12.1 Å². The van der Waals surface area contributed by atoms with E-state index in [0.717, 1.165) is 17.5 Å². The van der Waals surface area contributed by atoms with Crippen LogP contribution in [-0.4, -0.2) is 28.7 Å². The Morgan fingerprint density at radius 3 is 2.27 bits per heavy atom. The van der Waals surface area contributed by atoms with Crippen molar-refractivity contribution in [3.8, 4) is 0 Å². The lowest BCUT2D eigenvalue weighted by atomic mass is 9.82. The average Bonchev–Trinajstić information content (AvgIpc) is 3.27. The quantitative estimate of drug-likeness (QED) is 0.723. The Bertz CT molecular complexity index is 957. The van der Waals surface area contributed by atoms with E-state index in [-0.39, 0.29) is 35.7 Å². The zero-order chi connectivity index (χ0) is 21.4. The zero-order valence-electron chi connectivity index (χ0n) is 17.2. The molecule has 5 unspecified atom stereocenters. The van der Waals surface area contributed by atoms with Crippen LogP contribution in [0.2, 0.25) is 0 Å². The molecular formula is C24H27N3O3. The number of fused-ring (bicyclic) bond motifs is 1. The number of rotatable bonds is 6. The second-order valence-corrected chi connectivity index (χ2v) is 8.34. The fourth-order valence-electron chi connectivity index (χ4n) is 4.77. The number of nitrogens with two attached hydrogens (primary N) is 1. The maximum Gasteiger partial charge on any atom is 0.248 e. The van der Waals surface area contributed by atoms with Gasteiger partial charge in [0.1, 0.15) is 0 Å². The highest BCUT2D eigenvalue weighted by Crippen LogP contribution is 2.46. The van der Waals surface area contributed by atoms with Crippen molar-refractivity contribution in [2.24, 2.45) is 23.5 Å². The molecule has 6 heteroatoms. The molecule has 2 saturated heterocycles. The number of carbonyl (C=O) groups excluding carboxylic acids is 3. The highest BCUT2D eigenvalue weighted by atomic mass is 16.2. The maximum atomic E-state index is 13.4. The van der Waals surface area contributed by atoms with Gasteiger partial charge in [-0.1, -0.05) is 62.7 Å². The van der Waals surface area contributed by atoms with Crippen LogP contribution in [0.1, 0.15) is 47.8 Å². The Labute approximate surface area is 176 Å². The third-order valence-electron chi connectivity index (χ3n) is 6.60. The van der Waals surface area contributed by atoms with Crippen LogP contribution in [0.4, 0.5) is 0 Å². The van der Waals surface area contributed by atoms with Crippen LogP contribution in [0.5, 0.6) is 0 Å². The van der Waals surface area contributed by atoms with E-state index < -0.39 is 11.8 Å². The largest absolute Gasteiger partial charge is 0.366 e. The molecule has 0 bridgehead atoms. The topological polar surface area (TPSA) is 92.5 Å². The van der Waals surface area contributed by atoms with Crippen LogP contribution in [0.15, 0.2) is 54.6 Å². The monoisotopic (exact) mass is 405 g/mol. The summed E-state index contributed by atoms with van der Waals surface area (Å²) in [4.78, 5) is 39.6. The number of primary amides is 1. The lowest BCUT2D eigenvalue weighted by Crippen LogP contribution is -2.41. The van der Waals surface area contributed by atoms with Crippen LogP contribution in [0.3, 0.4) is 0 Å². The Morgan fingerprint density at radius 2 is 1.67 bits per heavy atom. The Hall–Kier alpha value is -2.99. The molecule has 0 aromatic heterocycles. The first kappa shape index (κ1) is 20.3.